The van der Waals surface area contributed by atoms with Crippen LogP contribution in [0.15, 0.2) is 0 Å². The summed E-state index contributed by atoms with van der Waals surface area (Å²) in [5.74, 6) is -3.02. The molecule has 5 nitrogen and oxygen atoms in total. The zero-order valence-corrected chi connectivity index (χ0v) is 7.11. The second kappa shape index (κ2) is 3.52. The molecule has 6 heteroatoms. The van der Waals surface area contributed by atoms with Gasteiger partial charge in [-0.25, -0.2) is 0 Å². The van der Waals surface area contributed by atoms with E-state index in [1.807, 2.05) is 0 Å². The molecule has 0 saturated carbocycles. The number of aliphatic carboxylic acids is 2. The van der Waals surface area contributed by atoms with Crippen LogP contribution in [0.1, 0.15) is 0 Å². The van der Waals surface area contributed by atoms with Gasteiger partial charge in [-0.1, -0.05) is 0 Å². The molecule has 0 bridgehead atoms. The Kier molecular flexibility index (Phi) is 3.58. The molecule has 0 aromatic heterocycles. The quantitative estimate of drug-likeness (QED) is 0.310. The van der Waals surface area contributed by atoms with Crippen molar-refractivity contribution in [1.29, 1.82) is 0 Å². The minimum absolute atomic E-state index is 0. The van der Waals surface area contributed by atoms with Gasteiger partial charge in [0.25, 0.3) is 0 Å². The van der Waals surface area contributed by atoms with Gasteiger partial charge >= 0.3 is 37.7 Å². The number of hydrogen-bond acceptors (Lipinski definition) is 5. The predicted octanol–water partition coefficient (Wildman–Crippen LogP) is -4.13. The number of hydrogen-bond donors (Lipinski definition) is 0. The maximum atomic E-state index is 9.75. The molecule has 50 valence electrons. The van der Waals surface area contributed by atoms with Crippen LogP contribution in [0.4, 0.5) is 0 Å². The molecule has 0 aromatic carbocycles. The van der Waals surface area contributed by atoms with Crippen LogP contribution in [0.2, 0.25) is 0 Å². The Labute approximate surface area is 86.0 Å². The van der Waals surface area contributed by atoms with Crippen molar-refractivity contribution < 1.29 is 24.5 Å². The molecule has 10 heavy (non-hydrogen) atoms. The molecule has 0 spiro atoms. The number of ether oxygens (including phenoxy) is 1. The topological polar surface area (TPSA) is 92.8 Å². The smallest absolute Gasteiger partial charge is 0.547 e. The van der Waals surface area contributed by atoms with Crippen molar-refractivity contribution in [2.24, 2.45) is 0 Å². The fourth-order valence-corrected chi connectivity index (χ4v) is 0.471. The fourth-order valence-electron chi connectivity index (χ4n) is 0.471. The van der Waals surface area contributed by atoms with Gasteiger partial charge < -0.3 is 24.5 Å². The van der Waals surface area contributed by atoms with Crippen LogP contribution in [0, 0.1) is 0 Å². The molecule has 1 aliphatic heterocycles. The first kappa shape index (κ1) is 10.2. The molecule has 2 atom stereocenters. The maximum Gasteiger partial charge on any atom is 2.00 e. The zero-order valence-electron chi connectivity index (χ0n) is 4.90. The van der Waals surface area contributed by atoms with Gasteiger partial charge in [-0.15, -0.1) is 0 Å². The third-order valence-corrected chi connectivity index (χ3v) is 0.956. The molecule has 1 rings (SSSR count). The van der Waals surface area contributed by atoms with Crippen molar-refractivity contribution in [2.75, 3.05) is 0 Å². The maximum absolute atomic E-state index is 9.75. The van der Waals surface area contributed by atoms with Crippen molar-refractivity contribution in [2.45, 2.75) is 12.2 Å². The van der Waals surface area contributed by atoms with E-state index in [1.54, 1.807) is 0 Å². The SMILES string of the molecule is O=C([O-])[C@H]1O[C@H]1C(=O)[O-].[Ca+2]. The second-order valence-electron chi connectivity index (χ2n) is 1.62. The molecular formula is C4H2CaO5. The van der Waals surface area contributed by atoms with E-state index in [-0.39, 0.29) is 37.7 Å². The number of carboxylic acids is 2. The summed E-state index contributed by atoms with van der Waals surface area (Å²) in [7, 11) is 0. The Hall–Kier alpha value is 0.160. The Morgan fingerprint density at radius 1 is 1.10 bits per heavy atom. The first-order valence-electron chi connectivity index (χ1n) is 2.20. The first-order chi connectivity index (χ1) is 4.13. The summed E-state index contributed by atoms with van der Waals surface area (Å²) in [6.07, 6.45) is -2.59. The zero-order chi connectivity index (χ0) is 7.02. The van der Waals surface area contributed by atoms with Gasteiger partial charge in [0.1, 0.15) is 12.2 Å². The third kappa shape index (κ3) is 2.09. The van der Waals surface area contributed by atoms with Gasteiger partial charge in [0.05, 0.1) is 11.9 Å². The van der Waals surface area contributed by atoms with Crippen molar-refractivity contribution in [3.05, 3.63) is 0 Å². The van der Waals surface area contributed by atoms with E-state index in [4.69, 9.17) is 0 Å². The Balaban J connectivity index is 0.000000810. The normalized spacial score (nSPS) is 28.4. The van der Waals surface area contributed by atoms with E-state index in [0.717, 1.165) is 0 Å². The van der Waals surface area contributed by atoms with Gasteiger partial charge in [0, 0.05) is 0 Å². The number of carboxylic acid groups (broad SMARTS) is 2. The van der Waals surface area contributed by atoms with E-state index in [0.29, 0.717) is 0 Å². The first-order valence-corrected chi connectivity index (χ1v) is 2.20. The van der Waals surface area contributed by atoms with Crippen LogP contribution >= 0.6 is 0 Å². The molecule has 0 radical (unpaired) electrons. The minimum Gasteiger partial charge on any atom is -0.547 e. The summed E-state index contributed by atoms with van der Waals surface area (Å²) in [6.45, 7) is 0. The van der Waals surface area contributed by atoms with Crippen molar-refractivity contribution >= 4 is 49.7 Å². The van der Waals surface area contributed by atoms with Crippen LogP contribution in [0.25, 0.3) is 0 Å². The summed E-state index contributed by atoms with van der Waals surface area (Å²) < 4.78 is 4.12. The van der Waals surface area contributed by atoms with Crippen LogP contribution in [0.5, 0.6) is 0 Å². The van der Waals surface area contributed by atoms with E-state index in [1.165, 1.54) is 0 Å². The summed E-state index contributed by atoms with van der Waals surface area (Å²) in [5.41, 5.74) is 0. The van der Waals surface area contributed by atoms with Gasteiger partial charge in [0.2, 0.25) is 0 Å². The monoisotopic (exact) mass is 170 g/mol. The molecule has 1 fully saturated rings. The Morgan fingerprint density at radius 2 is 1.40 bits per heavy atom. The second-order valence-corrected chi connectivity index (χ2v) is 1.62. The molecule has 0 N–H and O–H groups in total. The van der Waals surface area contributed by atoms with Crippen LogP contribution in [-0.2, 0) is 14.3 Å². The van der Waals surface area contributed by atoms with Gasteiger partial charge in [0.15, 0.2) is 0 Å². The van der Waals surface area contributed by atoms with Crippen molar-refractivity contribution in [3.8, 4) is 0 Å². The van der Waals surface area contributed by atoms with Crippen LogP contribution in [-0.4, -0.2) is 61.9 Å². The average molecular weight is 170 g/mol. The van der Waals surface area contributed by atoms with E-state index < -0.39 is 24.1 Å². The molecule has 0 unspecified atom stereocenters. The molecule has 0 aliphatic carbocycles. The van der Waals surface area contributed by atoms with E-state index >= 15 is 0 Å². The van der Waals surface area contributed by atoms with Gasteiger partial charge in [-0.05, 0) is 0 Å². The number of epoxide rings is 1. The predicted molar refractivity (Wildman–Crippen MR) is 24.4 cm³/mol. The fraction of sp³-hybridized carbons (Fsp3) is 0.500. The van der Waals surface area contributed by atoms with Crippen LogP contribution < -0.4 is 10.2 Å². The molecule has 0 amide bonds. The Bertz CT molecular complexity index is 149. The summed E-state index contributed by atoms with van der Waals surface area (Å²) in [5, 5.41) is 19.5. The molecular weight excluding hydrogens is 168 g/mol. The summed E-state index contributed by atoms with van der Waals surface area (Å²) in [6, 6.07) is 0. The molecule has 1 saturated heterocycles. The average Bonchev–Trinajstić information content (AvgIpc) is 2.39. The molecule has 0 aromatic rings. The van der Waals surface area contributed by atoms with Crippen LogP contribution in [0.3, 0.4) is 0 Å². The largest absolute Gasteiger partial charge is 2.00 e. The summed E-state index contributed by atoms with van der Waals surface area (Å²) >= 11 is 0. The molecule has 1 heterocycles. The standard InChI is InChI=1S/C4H4O5.Ca/c5-3(6)1-2(9-1)4(7)8;/h1-2H,(H,5,6)(H,7,8);/q;+2/p-2/t1-,2+;. The van der Waals surface area contributed by atoms with Crippen molar-refractivity contribution in [3.63, 3.8) is 0 Å². The number of carbonyl (C=O) groups is 2. The Morgan fingerprint density at radius 3 is 1.50 bits per heavy atom. The van der Waals surface area contributed by atoms with Crippen molar-refractivity contribution in [1.82, 2.24) is 0 Å². The third-order valence-electron chi connectivity index (χ3n) is 0.956. The van der Waals surface area contributed by atoms with E-state index in [9.17, 15) is 19.8 Å². The minimum atomic E-state index is -1.51. The summed E-state index contributed by atoms with van der Waals surface area (Å²) in [4.78, 5) is 19.5. The number of rotatable bonds is 2. The van der Waals surface area contributed by atoms with Gasteiger partial charge in [-0.3, -0.25) is 0 Å². The van der Waals surface area contributed by atoms with Gasteiger partial charge in [-0.2, -0.15) is 0 Å². The number of carbonyl (C=O) groups excluding carboxylic acids is 2. The molecule has 1 aliphatic rings. The van der Waals surface area contributed by atoms with E-state index in [2.05, 4.69) is 4.74 Å².